The van der Waals surface area contributed by atoms with E-state index in [1.165, 1.54) is 58.4 Å². The molecule has 2 aliphatic heterocycles. The van der Waals surface area contributed by atoms with Gasteiger partial charge in [0.1, 0.15) is 0 Å². The van der Waals surface area contributed by atoms with Crippen LogP contribution in [0.15, 0.2) is 57.2 Å². The Hall–Kier alpha value is -1.10. The van der Waals surface area contributed by atoms with Crippen molar-refractivity contribution < 1.29 is 0 Å². The molecule has 1 fully saturated rings. The molecule has 0 aliphatic carbocycles. The molecule has 0 atom stereocenters. The minimum absolute atomic E-state index is 0.867. The molecule has 4 heteroatoms. The van der Waals surface area contributed by atoms with Crippen LogP contribution >= 0.6 is 23.5 Å². The van der Waals surface area contributed by atoms with E-state index in [0.717, 1.165) is 12.5 Å². The maximum Gasteiger partial charge on any atom is 0.0553 e. The zero-order valence-corrected chi connectivity index (χ0v) is 16.7. The Morgan fingerprint density at radius 1 is 1.04 bits per heavy atom. The van der Waals surface area contributed by atoms with Crippen molar-refractivity contribution in [3.05, 3.63) is 42.5 Å². The number of anilines is 2. The van der Waals surface area contributed by atoms with Gasteiger partial charge in [-0.2, -0.15) is 0 Å². The number of hydrogen-bond donors (Lipinski definition) is 0. The molecule has 0 radical (unpaired) electrons. The molecule has 25 heavy (non-hydrogen) atoms. The van der Waals surface area contributed by atoms with Gasteiger partial charge in [0.2, 0.25) is 0 Å². The summed E-state index contributed by atoms with van der Waals surface area (Å²) in [7, 11) is 2.24. The molecule has 0 spiro atoms. The molecule has 0 unspecified atom stereocenters. The largest absolute Gasteiger partial charge is 0.340 e. The van der Waals surface area contributed by atoms with Gasteiger partial charge in [0.15, 0.2) is 0 Å². The van der Waals surface area contributed by atoms with E-state index in [1.807, 2.05) is 23.5 Å². The summed E-state index contributed by atoms with van der Waals surface area (Å²) < 4.78 is 0. The number of hydrogen-bond acceptors (Lipinski definition) is 4. The lowest BCUT2D eigenvalue weighted by Crippen LogP contribution is -2.32. The summed E-state index contributed by atoms with van der Waals surface area (Å²) >= 11 is 3.74. The summed E-state index contributed by atoms with van der Waals surface area (Å²) in [4.78, 5) is 9.15. The molecule has 4 rings (SSSR count). The number of nitrogens with zero attached hydrogens (tertiary/aromatic N) is 2. The predicted octanol–water partition coefficient (Wildman–Crippen LogP) is 5.74. The van der Waals surface area contributed by atoms with Gasteiger partial charge in [0, 0.05) is 21.2 Å². The minimum Gasteiger partial charge on any atom is -0.340 e. The van der Waals surface area contributed by atoms with Crippen molar-refractivity contribution in [3.63, 3.8) is 0 Å². The molecule has 0 N–H and O–H groups in total. The second kappa shape index (κ2) is 7.65. The Labute approximate surface area is 160 Å². The second-order valence-corrected chi connectivity index (χ2v) is 9.05. The lowest BCUT2D eigenvalue weighted by molar-refractivity contribution is 0.214. The molecule has 2 aliphatic rings. The van der Waals surface area contributed by atoms with Gasteiger partial charge in [-0.25, -0.2) is 0 Å². The van der Waals surface area contributed by atoms with Gasteiger partial charge in [0.05, 0.1) is 11.4 Å². The summed E-state index contributed by atoms with van der Waals surface area (Å²) in [6.45, 7) is 3.63. The first kappa shape index (κ1) is 17.3. The molecule has 0 bridgehead atoms. The fourth-order valence-electron chi connectivity index (χ4n) is 3.84. The van der Waals surface area contributed by atoms with Crippen LogP contribution in [-0.2, 0) is 0 Å². The highest BCUT2D eigenvalue weighted by Gasteiger charge is 2.25. The Balaban J connectivity index is 1.58. The molecule has 2 aromatic carbocycles. The zero-order chi connectivity index (χ0) is 17.2. The second-order valence-electron chi connectivity index (χ2n) is 7.09. The van der Waals surface area contributed by atoms with Crippen molar-refractivity contribution >= 4 is 34.9 Å². The number of thioether (sulfide) groups is 1. The highest BCUT2D eigenvalue weighted by Crippen LogP contribution is 2.49. The first-order valence-electron chi connectivity index (χ1n) is 9.15. The number of fused-ring (bicyclic) bond motifs is 2. The number of rotatable bonds is 4. The summed E-state index contributed by atoms with van der Waals surface area (Å²) in [6.07, 6.45) is 6.13. The highest BCUT2D eigenvalue weighted by atomic mass is 32.2. The van der Waals surface area contributed by atoms with E-state index in [4.69, 9.17) is 0 Å². The summed E-state index contributed by atoms with van der Waals surface area (Å²) in [6, 6.07) is 15.8. The highest BCUT2D eigenvalue weighted by molar-refractivity contribution is 8.00. The van der Waals surface area contributed by atoms with E-state index in [2.05, 4.69) is 65.6 Å². The van der Waals surface area contributed by atoms with E-state index in [-0.39, 0.29) is 0 Å². The molecule has 2 heterocycles. The van der Waals surface area contributed by atoms with Crippen LogP contribution in [0.5, 0.6) is 0 Å². The third kappa shape index (κ3) is 3.71. The van der Waals surface area contributed by atoms with E-state index >= 15 is 0 Å². The number of piperidine rings is 1. The van der Waals surface area contributed by atoms with Gasteiger partial charge >= 0.3 is 0 Å². The van der Waals surface area contributed by atoms with Crippen LogP contribution in [0.1, 0.15) is 19.3 Å². The Morgan fingerprint density at radius 2 is 1.80 bits per heavy atom. The molecular formula is C21H26N2S2. The first-order chi connectivity index (χ1) is 12.2. The number of para-hydroxylation sites is 1. The van der Waals surface area contributed by atoms with Crippen molar-refractivity contribution in [2.45, 2.75) is 33.9 Å². The zero-order valence-electron chi connectivity index (χ0n) is 15.1. The number of benzene rings is 2. The van der Waals surface area contributed by atoms with E-state index < -0.39 is 0 Å². The molecule has 1 saturated heterocycles. The lowest BCUT2D eigenvalue weighted by Gasteiger charge is -2.35. The van der Waals surface area contributed by atoms with E-state index in [9.17, 15) is 0 Å². The van der Waals surface area contributed by atoms with Crippen LogP contribution in [0.4, 0.5) is 11.4 Å². The third-order valence-electron chi connectivity index (χ3n) is 5.43. The summed E-state index contributed by atoms with van der Waals surface area (Å²) in [5, 5.41) is 0. The average molecular weight is 371 g/mol. The van der Waals surface area contributed by atoms with Crippen molar-refractivity contribution in [1.29, 1.82) is 0 Å². The molecule has 132 valence electrons. The molecule has 2 aromatic rings. The Morgan fingerprint density at radius 3 is 2.60 bits per heavy atom. The van der Waals surface area contributed by atoms with Crippen LogP contribution < -0.4 is 4.90 Å². The number of likely N-dealkylation sites (tertiary alicyclic amines) is 1. The van der Waals surface area contributed by atoms with Gasteiger partial charge in [-0.1, -0.05) is 23.9 Å². The van der Waals surface area contributed by atoms with Gasteiger partial charge in [-0.05, 0) is 81.9 Å². The van der Waals surface area contributed by atoms with Gasteiger partial charge in [0.25, 0.3) is 0 Å². The summed E-state index contributed by atoms with van der Waals surface area (Å²) in [5.41, 5.74) is 2.76. The van der Waals surface area contributed by atoms with Gasteiger partial charge in [-0.15, -0.1) is 11.8 Å². The van der Waals surface area contributed by atoms with Crippen LogP contribution in [-0.4, -0.2) is 37.8 Å². The van der Waals surface area contributed by atoms with Crippen molar-refractivity contribution in [1.82, 2.24) is 4.90 Å². The van der Waals surface area contributed by atoms with Crippen molar-refractivity contribution in [2.75, 3.05) is 37.8 Å². The Kier molecular flexibility index (Phi) is 5.30. The van der Waals surface area contributed by atoms with E-state index in [0.29, 0.717) is 0 Å². The maximum atomic E-state index is 2.56. The van der Waals surface area contributed by atoms with Crippen LogP contribution in [0, 0.1) is 5.92 Å². The molecule has 0 aromatic heterocycles. The smallest absolute Gasteiger partial charge is 0.0553 e. The average Bonchev–Trinajstić information content (AvgIpc) is 2.66. The molecule has 0 saturated carbocycles. The quantitative estimate of drug-likeness (QED) is 0.633. The molecule has 2 nitrogen and oxygen atoms in total. The van der Waals surface area contributed by atoms with Crippen LogP contribution in [0.25, 0.3) is 0 Å². The third-order valence-corrected chi connectivity index (χ3v) is 7.27. The van der Waals surface area contributed by atoms with Gasteiger partial charge < -0.3 is 9.80 Å². The minimum atomic E-state index is 0.867. The molecule has 0 amide bonds. The predicted molar refractivity (Wildman–Crippen MR) is 111 cm³/mol. The molecular weight excluding hydrogens is 344 g/mol. The van der Waals surface area contributed by atoms with E-state index in [1.54, 1.807) is 0 Å². The fraction of sp³-hybridized carbons (Fsp3) is 0.429. The maximum absolute atomic E-state index is 2.56. The first-order valence-corrected chi connectivity index (χ1v) is 11.2. The Bertz CT molecular complexity index is 738. The standard InChI is InChI=1S/C21H26N2S2/c1-22-12-9-16(10-13-22)11-14-23-18-5-3-4-6-20(18)25-21-15-17(24-2)7-8-19(21)23/h3-8,15-16H,9-14H2,1-2H3. The lowest BCUT2D eigenvalue weighted by atomic mass is 9.93. The monoisotopic (exact) mass is 370 g/mol. The summed E-state index contributed by atoms with van der Waals surface area (Å²) in [5.74, 6) is 0.867. The van der Waals surface area contributed by atoms with Crippen LogP contribution in [0.3, 0.4) is 0 Å². The topological polar surface area (TPSA) is 6.48 Å². The van der Waals surface area contributed by atoms with Gasteiger partial charge in [-0.3, -0.25) is 0 Å². The fourth-order valence-corrected chi connectivity index (χ4v) is 5.49. The SMILES string of the molecule is CSc1ccc2c(c1)Sc1ccccc1N2CCC1CCN(C)CC1. The van der Waals surface area contributed by atoms with Crippen molar-refractivity contribution in [3.8, 4) is 0 Å². The van der Waals surface area contributed by atoms with Crippen LogP contribution in [0.2, 0.25) is 0 Å². The van der Waals surface area contributed by atoms with Crippen molar-refractivity contribution in [2.24, 2.45) is 5.92 Å². The normalized spacial score (nSPS) is 18.1.